The van der Waals surface area contributed by atoms with Gasteiger partial charge in [-0.25, -0.2) is 0 Å². The van der Waals surface area contributed by atoms with Gasteiger partial charge in [0, 0.05) is 11.1 Å². The molecular weight excluding hydrogens is 218 g/mol. The van der Waals surface area contributed by atoms with Crippen molar-refractivity contribution in [3.05, 3.63) is 29.8 Å². The van der Waals surface area contributed by atoms with Crippen LogP contribution in [0.5, 0.6) is 0 Å². The summed E-state index contributed by atoms with van der Waals surface area (Å²) in [6.45, 7) is 9.45. The van der Waals surface area contributed by atoms with E-state index in [1.807, 2.05) is 0 Å². The second-order valence-electron chi connectivity index (χ2n) is 6.84. The molecule has 0 amide bonds. The molecular formula is C17H23N. The molecule has 0 radical (unpaired) electrons. The monoisotopic (exact) mass is 241 g/mol. The number of rotatable bonds is 1. The van der Waals surface area contributed by atoms with Crippen molar-refractivity contribution in [1.82, 2.24) is 0 Å². The molecule has 0 spiro atoms. The molecule has 1 aromatic carbocycles. The van der Waals surface area contributed by atoms with E-state index in [9.17, 15) is 0 Å². The molecule has 2 aliphatic rings. The predicted molar refractivity (Wildman–Crippen MR) is 77.5 cm³/mol. The van der Waals surface area contributed by atoms with Crippen molar-refractivity contribution >= 4 is 11.4 Å². The number of hydrogen-bond donors (Lipinski definition) is 0. The Morgan fingerprint density at radius 1 is 1.17 bits per heavy atom. The second-order valence-corrected chi connectivity index (χ2v) is 6.84. The SMILES string of the molecule is Cc1ccccc1N=C1C[C@H]2CC[C@]1(C)C2(C)C. The minimum Gasteiger partial charge on any atom is -0.257 e. The molecule has 0 aliphatic heterocycles. The van der Waals surface area contributed by atoms with E-state index in [0.29, 0.717) is 10.8 Å². The number of aryl methyl sites for hydroxylation is 1. The first-order valence-corrected chi connectivity index (χ1v) is 7.09. The highest BCUT2D eigenvalue weighted by molar-refractivity contribution is 5.96. The summed E-state index contributed by atoms with van der Waals surface area (Å²) >= 11 is 0. The molecule has 1 aromatic rings. The van der Waals surface area contributed by atoms with E-state index in [1.54, 1.807) is 0 Å². The number of nitrogens with zero attached hydrogens (tertiary/aromatic N) is 1. The van der Waals surface area contributed by atoms with Crippen LogP contribution in [0, 0.1) is 23.7 Å². The van der Waals surface area contributed by atoms with Crippen LogP contribution in [0.4, 0.5) is 5.69 Å². The van der Waals surface area contributed by atoms with Crippen LogP contribution in [0.25, 0.3) is 0 Å². The fraction of sp³-hybridized carbons (Fsp3) is 0.588. The largest absolute Gasteiger partial charge is 0.257 e. The first-order valence-electron chi connectivity index (χ1n) is 7.09. The normalized spacial score (nSPS) is 35.3. The van der Waals surface area contributed by atoms with E-state index in [1.165, 1.54) is 30.5 Å². The van der Waals surface area contributed by atoms with Gasteiger partial charge < -0.3 is 0 Å². The number of benzene rings is 1. The molecule has 2 aliphatic carbocycles. The Kier molecular flexibility index (Phi) is 2.45. The van der Waals surface area contributed by atoms with E-state index in [4.69, 9.17) is 4.99 Å². The zero-order valence-corrected chi connectivity index (χ0v) is 12.0. The summed E-state index contributed by atoms with van der Waals surface area (Å²) < 4.78 is 0. The average Bonchev–Trinajstić information content (AvgIpc) is 2.65. The molecule has 0 heterocycles. The highest BCUT2D eigenvalue weighted by Crippen LogP contribution is 2.64. The fourth-order valence-corrected chi connectivity index (χ4v) is 3.93. The summed E-state index contributed by atoms with van der Waals surface area (Å²) in [7, 11) is 0. The van der Waals surface area contributed by atoms with Gasteiger partial charge in [-0.1, -0.05) is 39.0 Å². The van der Waals surface area contributed by atoms with Crippen LogP contribution < -0.4 is 0 Å². The summed E-state index contributed by atoms with van der Waals surface area (Å²) in [6.07, 6.45) is 3.91. The van der Waals surface area contributed by atoms with Crippen molar-refractivity contribution in [2.45, 2.75) is 47.0 Å². The minimum atomic E-state index is 0.319. The van der Waals surface area contributed by atoms with Crippen molar-refractivity contribution in [2.75, 3.05) is 0 Å². The Labute approximate surface area is 110 Å². The van der Waals surface area contributed by atoms with Gasteiger partial charge >= 0.3 is 0 Å². The molecule has 0 aromatic heterocycles. The van der Waals surface area contributed by atoms with Crippen LogP contribution in [0.2, 0.25) is 0 Å². The van der Waals surface area contributed by atoms with Crippen LogP contribution in [0.1, 0.15) is 45.6 Å². The topological polar surface area (TPSA) is 12.4 Å². The van der Waals surface area contributed by atoms with Gasteiger partial charge in [0.05, 0.1) is 5.69 Å². The lowest BCUT2D eigenvalue weighted by Crippen LogP contribution is -2.32. The summed E-state index contributed by atoms with van der Waals surface area (Å²) in [5.74, 6) is 0.838. The van der Waals surface area contributed by atoms with Crippen LogP contribution in [0.15, 0.2) is 29.3 Å². The highest BCUT2D eigenvalue weighted by Gasteiger charge is 2.59. The maximum atomic E-state index is 5.02. The van der Waals surface area contributed by atoms with Crippen LogP contribution in [-0.2, 0) is 0 Å². The van der Waals surface area contributed by atoms with Crippen molar-refractivity contribution in [2.24, 2.45) is 21.7 Å². The van der Waals surface area contributed by atoms with Crippen LogP contribution in [0.3, 0.4) is 0 Å². The summed E-state index contributed by atoms with van der Waals surface area (Å²) in [5.41, 5.74) is 4.64. The highest BCUT2D eigenvalue weighted by atomic mass is 14.8. The standard InChI is InChI=1S/C17H23N/c1-12-7-5-6-8-14(12)18-15-11-13-9-10-17(15,4)16(13,2)3/h5-8,13H,9-11H2,1-4H3/t13-,17+/m1/s1. The molecule has 1 heteroatoms. The molecule has 18 heavy (non-hydrogen) atoms. The molecule has 96 valence electrons. The molecule has 3 rings (SSSR count). The number of para-hydroxylation sites is 1. The van der Waals surface area contributed by atoms with Gasteiger partial charge in [-0.3, -0.25) is 4.99 Å². The summed E-state index contributed by atoms with van der Waals surface area (Å²) in [4.78, 5) is 5.02. The predicted octanol–water partition coefficient (Wildman–Crippen LogP) is 4.91. The van der Waals surface area contributed by atoms with Gasteiger partial charge in [0.15, 0.2) is 0 Å². The third-order valence-corrected chi connectivity index (χ3v) is 5.88. The van der Waals surface area contributed by atoms with E-state index in [0.717, 1.165) is 11.6 Å². The molecule has 2 bridgehead atoms. The van der Waals surface area contributed by atoms with E-state index in [-0.39, 0.29) is 0 Å². The summed E-state index contributed by atoms with van der Waals surface area (Å²) in [6, 6.07) is 8.48. The Bertz CT molecular complexity index is 512. The van der Waals surface area contributed by atoms with Crippen LogP contribution >= 0.6 is 0 Å². The van der Waals surface area contributed by atoms with Crippen molar-refractivity contribution < 1.29 is 0 Å². The molecule has 0 unspecified atom stereocenters. The van der Waals surface area contributed by atoms with Gasteiger partial charge in [0.2, 0.25) is 0 Å². The van der Waals surface area contributed by atoms with Crippen LogP contribution in [-0.4, -0.2) is 5.71 Å². The lowest BCUT2D eigenvalue weighted by molar-refractivity contribution is 0.194. The zero-order valence-electron chi connectivity index (χ0n) is 12.0. The molecule has 0 saturated heterocycles. The second kappa shape index (κ2) is 3.69. The number of aliphatic imine (C=N–C) groups is 1. The Hall–Kier alpha value is -1.11. The Balaban J connectivity index is 2.03. The maximum absolute atomic E-state index is 5.02. The molecule has 1 nitrogen and oxygen atoms in total. The number of hydrogen-bond acceptors (Lipinski definition) is 1. The fourth-order valence-electron chi connectivity index (χ4n) is 3.93. The molecule has 2 saturated carbocycles. The van der Waals surface area contributed by atoms with E-state index in [2.05, 4.69) is 52.0 Å². The van der Waals surface area contributed by atoms with E-state index < -0.39 is 0 Å². The van der Waals surface area contributed by atoms with Crippen molar-refractivity contribution in [3.63, 3.8) is 0 Å². The third-order valence-electron chi connectivity index (χ3n) is 5.88. The lowest BCUT2D eigenvalue weighted by Gasteiger charge is -2.34. The van der Waals surface area contributed by atoms with Gasteiger partial charge in [-0.2, -0.15) is 0 Å². The first kappa shape index (κ1) is 12.0. The minimum absolute atomic E-state index is 0.319. The molecule has 2 atom stereocenters. The Morgan fingerprint density at radius 3 is 2.44 bits per heavy atom. The number of fused-ring (bicyclic) bond motifs is 2. The molecule has 2 fully saturated rings. The van der Waals surface area contributed by atoms with E-state index >= 15 is 0 Å². The first-order chi connectivity index (χ1) is 8.45. The van der Waals surface area contributed by atoms with Gasteiger partial charge in [-0.15, -0.1) is 0 Å². The van der Waals surface area contributed by atoms with Gasteiger partial charge in [0.1, 0.15) is 0 Å². The van der Waals surface area contributed by atoms with Gasteiger partial charge in [0.25, 0.3) is 0 Å². The van der Waals surface area contributed by atoms with Gasteiger partial charge in [-0.05, 0) is 49.1 Å². The van der Waals surface area contributed by atoms with Crippen molar-refractivity contribution in [3.8, 4) is 0 Å². The smallest absolute Gasteiger partial charge is 0.0658 e. The third kappa shape index (κ3) is 1.43. The van der Waals surface area contributed by atoms with Crippen molar-refractivity contribution in [1.29, 1.82) is 0 Å². The Morgan fingerprint density at radius 2 is 1.89 bits per heavy atom. The summed E-state index contributed by atoms with van der Waals surface area (Å²) in [5, 5.41) is 0. The maximum Gasteiger partial charge on any atom is 0.0658 e. The average molecular weight is 241 g/mol. The zero-order chi connectivity index (χ0) is 13.0. The lowest BCUT2D eigenvalue weighted by atomic mass is 9.70. The quantitative estimate of drug-likeness (QED) is 0.662. The molecule has 0 N–H and O–H groups in total.